The summed E-state index contributed by atoms with van der Waals surface area (Å²) in [5.74, 6) is -5.04. The van der Waals surface area contributed by atoms with Gasteiger partial charge < -0.3 is 10.3 Å². The van der Waals surface area contributed by atoms with Gasteiger partial charge in [-0.15, -0.1) is 0 Å². The molecule has 140 valence electrons. The molecule has 0 aliphatic carbocycles. The number of aromatic amines is 1. The van der Waals surface area contributed by atoms with Crippen LogP contribution in [-0.4, -0.2) is 21.1 Å². The van der Waals surface area contributed by atoms with Gasteiger partial charge in [-0.25, -0.2) is 18.2 Å². The van der Waals surface area contributed by atoms with Gasteiger partial charge in [0.2, 0.25) is 5.91 Å². The molecule has 1 amide bonds. The fourth-order valence-corrected chi connectivity index (χ4v) is 3.02. The first-order chi connectivity index (χ1) is 12.2. The highest BCUT2D eigenvalue weighted by Crippen LogP contribution is 2.25. The molecule has 0 aliphatic heterocycles. The number of nitrogens with one attached hydrogen (secondary N) is 2. The van der Waals surface area contributed by atoms with E-state index in [2.05, 4.69) is 15.3 Å². The van der Waals surface area contributed by atoms with Crippen LogP contribution in [0.2, 0.25) is 0 Å². The summed E-state index contributed by atoms with van der Waals surface area (Å²) < 4.78 is 40.0. The topological polar surface area (TPSA) is 74.8 Å². The first-order valence-electron chi connectivity index (χ1n) is 7.95. The van der Waals surface area contributed by atoms with Gasteiger partial charge in [0.25, 0.3) is 5.56 Å². The molecule has 1 unspecified atom stereocenters. The van der Waals surface area contributed by atoms with E-state index in [1.54, 1.807) is 6.92 Å². The predicted octanol–water partition coefficient (Wildman–Crippen LogP) is 3.82. The number of H-pyrrole nitrogens is 1. The van der Waals surface area contributed by atoms with Crippen LogP contribution in [0.25, 0.3) is 0 Å². The first-order valence-corrected chi connectivity index (χ1v) is 8.83. The molecule has 0 spiro atoms. The van der Waals surface area contributed by atoms with Crippen molar-refractivity contribution in [3.05, 3.63) is 51.7 Å². The lowest BCUT2D eigenvalue weighted by molar-refractivity contribution is -0.115. The molecule has 0 fully saturated rings. The van der Waals surface area contributed by atoms with Crippen molar-refractivity contribution in [3.8, 4) is 0 Å². The summed E-state index contributed by atoms with van der Waals surface area (Å²) >= 11 is 1.01. The zero-order valence-corrected chi connectivity index (χ0v) is 15.2. The largest absolute Gasteiger partial charge is 0.323 e. The third kappa shape index (κ3) is 4.66. The first kappa shape index (κ1) is 20.0. The Labute approximate surface area is 152 Å². The Morgan fingerprint density at radius 2 is 1.96 bits per heavy atom. The molecule has 1 atom stereocenters. The number of nitrogens with zero attached hydrogens (tertiary/aromatic N) is 1. The maximum Gasteiger partial charge on any atom is 0.251 e. The van der Waals surface area contributed by atoms with E-state index in [4.69, 9.17) is 0 Å². The molecular formula is C17H18F3N3O2S. The number of thioether (sulfide) groups is 1. The van der Waals surface area contributed by atoms with E-state index in [1.807, 2.05) is 13.8 Å². The summed E-state index contributed by atoms with van der Waals surface area (Å²) in [5.41, 5.74) is -0.211. The Morgan fingerprint density at radius 3 is 2.58 bits per heavy atom. The zero-order chi connectivity index (χ0) is 19.4. The van der Waals surface area contributed by atoms with Crippen molar-refractivity contribution >= 4 is 23.4 Å². The highest BCUT2D eigenvalue weighted by Gasteiger charge is 2.22. The van der Waals surface area contributed by atoms with Crippen LogP contribution in [0.1, 0.15) is 38.8 Å². The quantitative estimate of drug-likeness (QED) is 0.450. The van der Waals surface area contributed by atoms with Crippen LogP contribution in [0.4, 0.5) is 18.9 Å². The molecule has 9 heteroatoms. The normalized spacial score (nSPS) is 12.3. The third-order valence-corrected chi connectivity index (χ3v) is 4.79. The van der Waals surface area contributed by atoms with Crippen LogP contribution in [0, 0.1) is 17.5 Å². The van der Waals surface area contributed by atoms with Gasteiger partial charge in [0.15, 0.2) is 22.6 Å². The minimum Gasteiger partial charge on any atom is -0.323 e. The molecule has 0 saturated carbocycles. The van der Waals surface area contributed by atoms with Crippen molar-refractivity contribution in [1.82, 2.24) is 9.97 Å². The fraction of sp³-hybridized carbons (Fsp3) is 0.353. The molecule has 1 heterocycles. The molecule has 0 bridgehead atoms. The second-order valence-corrected chi connectivity index (χ2v) is 7.05. The van der Waals surface area contributed by atoms with Crippen LogP contribution in [0.3, 0.4) is 0 Å². The summed E-state index contributed by atoms with van der Waals surface area (Å²) in [6.07, 6.45) is 0.345. The van der Waals surface area contributed by atoms with Crippen LogP contribution in [0.15, 0.2) is 28.2 Å². The SMILES string of the molecule is CCC(Sc1nc(C(C)C)cc(=O)[nH]1)C(=O)Nc1ccc(F)c(F)c1F. The minimum absolute atomic E-state index is 0.0295. The Bertz CT molecular complexity index is 871. The highest BCUT2D eigenvalue weighted by molar-refractivity contribution is 8.00. The number of rotatable bonds is 6. The molecule has 0 radical (unpaired) electrons. The standard InChI is InChI=1S/C17H18F3N3O2S/c1-4-12(26-17-22-11(8(2)3)7-13(24)23-17)16(25)21-10-6-5-9(18)14(19)15(10)20/h5-8,12H,4H2,1-3H3,(H,21,25)(H,22,23,24). The van der Waals surface area contributed by atoms with E-state index >= 15 is 0 Å². The Hall–Kier alpha value is -2.29. The molecule has 0 aliphatic rings. The maximum absolute atomic E-state index is 13.7. The Kier molecular flexibility index (Phi) is 6.47. The van der Waals surface area contributed by atoms with Gasteiger partial charge in [-0.3, -0.25) is 9.59 Å². The number of anilines is 1. The van der Waals surface area contributed by atoms with E-state index in [0.717, 1.165) is 23.9 Å². The summed E-state index contributed by atoms with van der Waals surface area (Å²) in [6.45, 7) is 5.49. The minimum atomic E-state index is -1.65. The highest BCUT2D eigenvalue weighted by atomic mass is 32.2. The van der Waals surface area contributed by atoms with E-state index in [0.29, 0.717) is 12.1 Å². The van der Waals surface area contributed by atoms with E-state index in [1.165, 1.54) is 6.07 Å². The number of aromatic nitrogens is 2. The number of halogens is 3. The second-order valence-electron chi connectivity index (χ2n) is 5.86. The van der Waals surface area contributed by atoms with Crippen molar-refractivity contribution < 1.29 is 18.0 Å². The molecule has 5 nitrogen and oxygen atoms in total. The third-order valence-electron chi connectivity index (χ3n) is 3.54. The number of hydrogen-bond acceptors (Lipinski definition) is 4. The average molecular weight is 385 g/mol. The Morgan fingerprint density at radius 1 is 1.27 bits per heavy atom. The van der Waals surface area contributed by atoms with Crippen LogP contribution >= 0.6 is 11.8 Å². The molecule has 1 aromatic heterocycles. The lowest BCUT2D eigenvalue weighted by Gasteiger charge is -2.15. The van der Waals surface area contributed by atoms with E-state index in [-0.39, 0.29) is 16.6 Å². The summed E-state index contributed by atoms with van der Waals surface area (Å²) in [6, 6.07) is 3.06. The maximum atomic E-state index is 13.7. The molecule has 2 aromatic rings. The molecule has 1 aromatic carbocycles. The average Bonchev–Trinajstić information content (AvgIpc) is 2.59. The fourth-order valence-electron chi connectivity index (χ4n) is 2.10. The second kappa shape index (κ2) is 8.39. The van der Waals surface area contributed by atoms with Crippen LogP contribution in [0.5, 0.6) is 0 Å². The number of hydrogen-bond donors (Lipinski definition) is 2. The molecule has 0 saturated heterocycles. The van der Waals surface area contributed by atoms with Gasteiger partial charge in [-0.05, 0) is 24.5 Å². The van der Waals surface area contributed by atoms with Crippen molar-refractivity contribution in [3.63, 3.8) is 0 Å². The van der Waals surface area contributed by atoms with Gasteiger partial charge >= 0.3 is 0 Å². The van der Waals surface area contributed by atoms with Crippen molar-refractivity contribution in [1.29, 1.82) is 0 Å². The van der Waals surface area contributed by atoms with Gasteiger partial charge in [0.1, 0.15) is 0 Å². The molecule has 26 heavy (non-hydrogen) atoms. The Balaban J connectivity index is 2.20. The van der Waals surface area contributed by atoms with Gasteiger partial charge in [0.05, 0.1) is 16.6 Å². The van der Waals surface area contributed by atoms with Crippen molar-refractivity contribution in [2.24, 2.45) is 0 Å². The molecule has 2 rings (SSSR count). The van der Waals surface area contributed by atoms with E-state index in [9.17, 15) is 22.8 Å². The summed E-state index contributed by atoms with van der Waals surface area (Å²) in [5, 5.41) is 1.78. The van der Waals surface area contributed by atoms with Gasteiger partial charge in [-0.1, -0.05) is 32.5 Å². The predicted molar refractivity (Wildman–Crippen MR) is 93.8 cm³/mol. The monoisotopic (exact) mass is 385 g/mol. The van der Waals surface area contributed by atoms with E-state index < -0.39 is 34.3 Å². The molecular weight excluding hydrogens is 367 g/mol. The summed E-state index contributed by atoms with van der Waals surface area (Å²) in [4.78, 5) is 30.9. The van der Waals surface area contributed by atoms with Crippen molar-refractivity contribution in [2.45, 2.75) is 43.5 Å². The van der Waals surface area contributed by atoms with Crippen LogP contribution in [-0.2, 0) is 4.79 Å². The number of benzene rings is 1. The lowest BCUT2D eigenvalue weighted by atomic mass is 10.1. The molecule has 2 N–H and O–H groups in total. The van der Waals surface area contributed by atoms with Crippen molar-refractivity contribution in [2.75, 3.05) is 5.32 Å². The number of carbonyl (C=O) groups excluding carboxylic acids is 1. The summed E-state index contributed by atoms with van der Waals surface area (Å²) in [7, 11) is 0. The number of carbonyl (C=O) groups is 1. The zero-order valence-electron chi connectivity index (χ0n) is 14.4. The van der Waals surface area contributed by atoms with Crippen LogP contribution < -0.4 is 10.9 Å². The number of amides is 1. The smallest absolute Gasteiger partial charge is 0.251 e. The van der Waals surface area contributed by atoms with Gasteiger partial charge in [0, 0.05) is 6.07 Å². The van der Waals surface area contributed by atoms with Gasteiger partial charge in [-0.2, -0.15) is 0 Å². The lowest BCUT2D eigenvalue weighted by Crippen LogP contribution is -2.26.